The lowest BCUT2D eigenvalue weighted by atomic mass is 10.1. The standard InChI is InChI=1S/C15H18FNOS/c1-3-12-5-6-13(19-12)9-17-10(2)14-7-4-11(18)8-15(14)16/h4-8,10,17-18H,3,9H2,1-2H3. The third kappa shape index (κ3) is 3.55. The van der Waals surface area contributed by atoms with Gasteiger partial charge in [0, 0.05) is 34.0 Å². The predicted molar refractivity (Wildman–Crippen MR) is 77.0 cm³/mol. The van der Waals surface area contributed by atoms with E-state index in [1.165, 1.54) is 15.8 Å². The summed E-state index contributed by atoms with van der Waals surface area (Å²) in [7, 11) is 0. The number of thiophene rings is 1. The first-order valence-electron chi connectivity index (χ1n) is 6.39. The zero-order valence-electron chi connectivity index (χ0n) is 11.1. The second-order valence-corrected chi connectivity index (χ2v) is 5.78. The van der Waals surface area contributed by atoms with Gasteiger partial charge in [0.1, 0.15) is 11.6 Å². The second kappa shape index (κ2) is 6.17. The third-order valence-corrected chi connectivity index (χ3v) is 4.33. The molecule has 0 radical (unpaired) electrons. The smallest absolute Gasteiger partial charge is 0.131 e. The van der Waals surface area contributed by atoms with Crippen molar-refractivity contribution >= 4 is 11.3 Å². The van der Waals surface area contributed by atoms with Gasteiger partial charge in [-0.1, -0.05) is 13.0 Å². The Balaban J connectivity index is 1.98. The Kier molecular flexibility index (Phi) is 4.56. The number of phenolic OH excluding ortho intramolecular Hbond substituents is 1. The summed E-state index contributed by atoms with van der Waals surface area (Å²) in [5.74, 6) is -0.417. The highest BCUT2D eigenvalue weighted by Crippen LogP contribution is 2.22. The van der Waals surface area contributed by atoms with Gasteiger partial charge in [-0.15, -0.1) is 11.3 Å². The van der Waals surface area contributed by atoms with Gasteiger partial charge in [-0.05, 0) is 31.5 Å². The van der Waals surface area contributed by atoms with Crippen molar-refractivity contribution in [2.45, 2.75) is 32.9 Å². The third-order valence-electron chi connectivity index (χ3n) is 3.10. The highest BCUT2D eigenvalue weighted by Gasteiger charge is 2.11. The minimum absolute atomic E-state index is 0.0423. The molecular weight excluding hydrogens is 261 g/mol. The van der Waals surface area contributed by atoms with E-state index in [2.05, 4.69) is 24.4 Å². The van der Waals surface area contributed by atoms with Crippen LogP contribution in [0.4, 0.5) is 4.39 Å². The molecule has 1 aromatic carbocycles. The van der Waals surface area contributed by atoms with Gasteiger partial charge in [0.2, 0.25) is 0 Å². The molecule has 0 saturated heterocycles. The zero-order chi connectivity index (χ0) is 13.8. The van der Waals surface area contributed by atoms with E-state index in [9.17, 15) is 9.50 Å². The van der Waals surface area contributed by atoms with E-state index in [0.717, 1.165) is 19.0 Å². The average molecular weight is 279 g/mol. The maximum Gasteiger partial charge on any atom is 0.131 e. The van der Waals surface area contributed by atoms with Crippen molar-refractivity contribution in [1.82, 2.24) is 5.32 Å². The Morgan fingerprint density at radius 3 is 2.63 bits per heavy atom. The number of hydrogen-bond acceptors (Lipinski definition) is 3. The van der Waals surface area contributed by atoms with E-state index < -0.39 is 0 Å². The first-order valence-corrected chi connectivity index (χ1v) is 7.21. The SMILES string of the molecule is CCc1ccc(CNC(C)c2ccc(O)cc2F)s1. The highest BCUT2D eigenvalue weighted by molar-refractivity contribution is 7.11. The molecule has 2 N–H and O–H groups in total. The zero-order valence-corrected chi connectivity index (χ0v) is 11.9. The van der Waals surface area contributed by atoms with Crippen LogP contribution in [-0.4, -0.2) is 5.11 Å². The first-order chi connectivity index (χ1) is 9.10. The van der Waals surface area contributed by atoms with Crippen LogP contribution in [0.1, 0.15) is 35.2 Å². The Bertz CT molecular complexity index is 553. The number of benzene rings is 1. The molecule has 102 valence electrons. The molecule has 0 aliphatic carbocycles. The van der Waals surface area contributed by atoms with Gasteiger partial charge in [-0.3, -0.25) is 0 Å². The molecule has 0 aliphatic rings. The number of aryl methyl sites for hydroxylation is 1. The summed E-state index contributed by atoms with van der Waals surface area (Å²) in [6, 6.07) is 8.43. The molecule has 1 unspecified atom stereocenters. The van der Waals surface area contributed by atoms with Crippen LogP contribution < -0.4 is 5.32 Å². The molecule has 2 rings (SSSR count). The minimum Gasteiger partial charge on any atom is -0.508 e. The summed E-state index contributed by atoms with van der Waals surface area (Å²) in [6.07, 6.45) is 1.05. The van der Waals surface area contributed by atoms with E-state index in [1.54, 1.807) is 17.4 Å². The quantitative estimate of drug-likeness (QED) is 0.867. The Hall–Kier alpha value is -1.39. The fourth-order valence-corrected chi connectivity index (χ4v) is 2.85. The van der Waals surface area contributed by atoms with Crippen LogP contribution in [0.2, 0.25) is 0 Å². The van der Waals surface area contributed by atoms with Crippen LogP contribution in [0.25, 0.3) is 0 Å². The fraction of sp³-hybridized carbons (Fsp3) is 0.333. The summed E-state index contributed by atoms with van der Waals surface area (Å²) >= 11 is 1.78. The van der Waals surface area contributed by atoms with Gasteiger partial charge in [0.15, 0.2) is 0 Å². The molecule has 0 saturated carbocycles. The number of rotatable bonds is 5. The van der Waals surface area contributed by atoms with Gasteiger partial charge in [-0.25, -0.2) is 4.39 Å². The summed E-state index contributed by atoms with van der Waals surface area (Å²) in [6.45, 7) is 4.79. The Morgan fingerprint density at radius 1 is 1.26 bits per heavy atom. The van der Waals surface area contributed by atoms with E-state index >= 15 is 0 Å². The van der Waals surface area contributed by atoms with Crippen LogP contribution in [0.15, 0.2) is 30.3 Å². The van der Waals surface area contributed by atoms with Crippen LogP contribution in [0.5, 0.6) is 5.75 Å². The van der Waals surface area contributed by atoms with E-state index in [4.69, 9.17) is 0 Å². The number of halogens is 1. The molecule has 2 aromatic rings. The van der Waals surface area contributed by atoms with E-state index in [1.807, 2.05) is 6.92 Å². The summed E-state index contributed by atoms with van der Waals surface area (Å²) in [5.41, 5.74) is 0.574. The number of hydrogen-bond donors (Lipinski definition) is 2. The summed E-state index contributed by atoms with van der Waals surface area (Å²) < 4.78 is 13.7. The van der Waals surface area contributed by atoms with E-state index in [0.29, 0.717) is 5.56 Å². The second-order valence-electron chi connectivity index (χ2n) is 4.53. The van der Waals surface area contributed by atoms with Crippen LogP contribution in [-0.2, 0) is 13.0 Å². The molecule has 4 heteroatoms. The van der Waals surface area contributed by atoms with Gasteiger partial charge >= 0.3 is 0 Å². The van der Waals surface area contributed by atoms with Gasteiger partial charge < -0.3 is 10.4 Å². The van der Waals surface area contributed by atoms with Gasteiger partial charge in [0.05, 0.1) is 0 Å². The first kappa shape index (κ1) is 14.0. The fourth-order valence-electron chi connectivity index (χ4n) is 1.94. The molecule has 19 heavy (non-hydrogen) atoms. The maximum atomic E-state index is 13.7. The molecule has 2 nitrogen and oxygen atoms in total. The molecule has 1 heterocycles. The largest absolute Gasteiger partial charge is 0.508 e. The summed E-state index contributed by atoms with van der Waals surface area (Å²) in [5, 5.41) is 12.5. The molecule has 0 amide bonds. The lowest BCUT2D eigenvalue weighted by Gasteiger charge is -2.14. The van der Waals surface area contributed by atoms with Gasteiger partial charge in [-0.2, -0.15) is 0 Å². The van der Waals surface area contributed by atoms with Crippen molar-refractivity contribution in [3.8, 4) is 5.75 Å². The van der Waals surface area contributed by atoms with Crippen molar-refractivity contribution in [2.24, 2.45) is 0 Å². The number of phenols is 1. The maximum absolute atomic E-state index is 13.7. The molecular formula is C15H18FNOS. The van der Waals surface area contributed by atoms with Crippen LogP contribution in [0, 0.1) is 5.82 Å². The molecule has 0 bridgehead atoms. The normalized spacial score (nSPS) is 12.6. The Labute approximate surface area is 116 Å². The molecule has 0 spiro atoms. The van der Waals surface area contributed by atoms with Crippen LogP contribution >= 0.6 is 11.3 Å². The van der Waals surface area contributed by atoms with Crippen molar-refractivity contribution in [1.29, 1.82) is 0 Å². The lowest BCUT2D eigenvalue weighted by Crippen LogP contribution is -2.18. The van der Waals surface area contributed by atoms with E-state index in [-0.39, 0.29) is 17.6 Å². The van der Waals surface area contributed by atoms with Crippen molar-refractivity contribution < 1.29 is 9.50 Å². The molecule has 1 atom stereocenters. The number of aromatic hydroxyl groups is 1. The predicted octanol–water partition coefficient (Wildman–Crippen LogP) is 4.01. The monoisotopic (exact) mass is 279 g/mol. The van der Waals surface area contributed by atoms with Crippen molar-refractivity contribution in [3.63, 3.8) is 0 Å². The topological polar surface area (TPSA) is 32.3 Å². The highest BCUT2D eigenvalue weighted by atomic mass is 32.1. The minimum atomic E-state index is -0.375. The Morgan fingerprint density at radius 2 is 2.00 bits per heavy atom. The lowest BCUT2D eigenvalue weighted by molar-refractivity contribution is 0.463. The van der Waals surface area contributed by atoms with Crippen molar-refractivity contribution in [2.75, 3.05) is 0 Å². The number of nitrogens with one attached hydrogen (secondary N) is 1. The molecule has 1 aromatic heterocycles. The average Bonchev–Trinajstić information content (AvgIpc) is 2.84. The summed E-state index contributed by atoms with van der Waals surface area (Å²) in [4.78, 5) is 2.61. The van der Waals surface area contributed by atoms with Gasteiger partial charge in [0.25, 0.3) is 0 Å². The molecule has 0 fully saturated rings. The molecule has 0 aliphatic heterocycles. The van der Waals surface area contributed by atoms with Crippen LogP contribution in [0.3, 0.4) is 0 Å². The van der Waals surface area contributed by atoms with Crippen molar-refractivity contribution in [3.05, 3.63) is 51.5 Å².